The molecule has 0 aliphatic carbocycles. The molecule has 1 aliphatic rings. The van der Waals surface area contributed by atoms with Gasteiger partial charge in [0.1, 0.15) is 11.7 Å². The van der Waals surface area contributed by atoms with Gasteiger partial charge in [0.05, 0.1) is 17.1 Å². The van der Waals surface area contributed by atoms with Crippen molar-refractivity contribution in [3.05, 3.63) is 64.9 Å². The lowest BCUT2D eigenvalue weighted by molar-refractivity contribution is -0.117. The fraction of sp³-hybridized carbons (Fsp3) is 0.227. The highest BCUT2D eigenvalue weighted by Crippen LogP contribution is 2.21. The van der Waals surface area contributed by atoms with Crippen LogP contribution in [-0.4, -0.2) is 54.3 Å². The van der Waals surface area contributed by atoms with E-state index in [4.69, 9.17) is 21.3 Å². The number of carbonyl (C=O) groups is 2. The van der Waals surface area contributed by atoms with E-state index in [1.165, 1.54) is 0 Å². The van der Waals surface area contributed by atoms with Crippen LogP contribution in [0.15, 0.2) is 52.9 Å². The minimum atomic E-state index is -0.173. The highest BCUT2D eigenvalue weighted by molar-refractivity contribution is 6.32. The molecule has 3 aromatic rings. The van der Waals surface area contributed by atoms with E-state index < -0.39 is 0 Å². The summed E-state index contributed by atoms with van der Waals surface area (Å²) in [5.41, 5.74) is 1.60. The molecule has 1 aromatic heterocycles. The topological polar surface area (TPSA) is 89.6 Å². The molecule has 7 nitrogen and oxygen atoms in total. The van der Waals surface area contributed by atoms with Crippen molar-refractivity contribution in [2.45, 2.75) is 0 Å². The summed E-state index contributed by atoms with van der Waals surface area (Å²) in [7, 11) is 0. The third kappa shape index (κ3) is 4.30. The second kappa shape index (κ2) is 8.57. The van der Waals surface area contributed by atoms with Crippen LogP contribution >= 0.6 is 11.6 Å². The van der Waals surface area contributed by atoms with Gasteiger partial charge in [0.2, 0.25) is 5.91 Å². The maximum atomic E-state index is 12.7. The molecular weight excluding hydrogens is 404 g/mol. The average Bonchev–Trinajstić information content (AvgIpc) is 3.18. The second-order valence-corrected chi connectivity index (χ2v) is 7.48. The van der Waals surface area contributed by atoms with Crippen molar-refractivity contribution in [1.82, 2.24) is 9.80 Å². The lowest BCUT2D eigenvalue weighted by Crippen LogP contribution is -2.50. The molecule has 4 rings (SSSR count). The Morgan fingerprint density at radius 1 is 1.10 bits per heavy atom. The number of halogens is 1. The first-order chi connectivity index (χ1) is 14.5. The molecule has 2 heterocycles. The Labute approximate surface area is 178 Å². The molecule has 1 N–H and O–H groups in total. The summed E-state index contributed by atoms with van der Waals surface area (Å²) in [5.74, 6) is 0.0236. The standard InChI is InChI=1S/C22H19ClN4O3/c23-18-12-17(6-5-16(18)13-24)25-21(28)14-26-7-9-27(10-8-26)22(29)20-11-15-3-1-2-4-19(15)30-20/h1-6,11-12H,7-10,14H2,(H,25,28). The van der Waals surface area contributed by atoms with Crippen LogP contribution in [0.2, 0.25) is 5.02 Å². The first-order valence-electron chi connectivity index (χ1n) is 9.53. The van der Waals surface area contributed by atoms with Crippen LogP contribution in [0.25, 0.3) is 11.0 Å². The first-order valence-corrected chi connectivity index (χ1v) is 9.91. The Morgan fingerprint density at radius 3 is 2.57 bits per heavy atom. The lowest BCUT2D eigenvalue weighted by Gasteiger charge is -2.33. The van der Waals surface area contributed by atoms with Crippen molar-refractivity contribution >= 4 is 40.1 Å². The highest BCUT2D eigenvalue weighted by Gasteiger charge is 2.25. The van der Waals surface area contributed by atoms with Gasteiger partial charge in [-0.1, -0.05) is 29.8 Å². The van der Waals surface area contributed by atoms with Crippen molar-refractivity contribution in [2.24, 2.45) is 0 Å². The fourth-order valence-corrected chi connectivity index (χ4v) is 3.66. The monoisotopic (exact) mass is 422 g/mol. The molecule has 0 unspecified atom stereocenters. The van der Waals surface area contributed by atoms with Gasteiger partial charge in [-0.05, 0) is 30.3 Å². The van der Waals surface area contributed by atoms with E-state index in [1.54, 1.807) is 29.2 Å². The van der Waals surface area contributed by atoms with E-state index in [2.05, 4.69) is 5.32 Å². The summed E-state index contributed by atoms with van der Waals surface area (Å²) in [5, 5.41) is 12.9. The van der Waals surface area contributed by atoms with Crippen LogP contribution in [0, 0.1) is 11.3 Å². The molecule has 0 atom stereocenters. The molecule has 2 amide bonds. The van der Waals surface area contributed by atoms with E-state index in [0.29, 0.717) is 53.8 Å². The number of piperazine rings is 1. The van der Waals surface area contributed by atoms with E-state index in [0.717, 1.165) is 5.39 Å². The van der Waals surface area contributed by atoms with Crippen LogP contribution in [0.3, 0.4) is 0 Å². The number of nitrogens with zero attached hydrogens (tertiary/aromatic N) is 3. The van der Waals surface area contributed by atoms with Crippen molar-refractivity contribution in [3.8, 4) is 6.07 Å². The van der Waals surface area contributed by atoms with Crippen LogP contribution in [-0.2, 0) is 4.79 Å². The number of hydrogen-bond acceptors (Lipinski definition) is 5. The maximum Gasteiger partial charge on any atom is 0.289 e. The van der Waals surface area contributed by atoms with Crippen LogP contribution in [0.4, 0.5) is 5.69 Å². The summed E-state index contributed by atoms with van der Waals surface area (Å²) in [6, 6.07) is 16.0. The van der Waals surface area contributed by atoms with E-state index >= 15 is 0 Å². The van der Waals surface area contributed by atoms with Gasteiger partial charge in [-0.25, -0.2) is 0 Å². The van der Waals surface area contributed by atoms with Crippen molar-refractivity contribution in [2.75, 3.05) is 38.0 Å². The molecule has 0 saturated carbocycles. The number of nitrogens with one attached hydrogen (secondary N) is 1. The Balaban J connectivity index is 1.30. The second-order valence-electron chi connectivity index (χ2n) is 7.07. The number of anilines is 1. The SMILES string of the molecule is N#Cc1ccc(NC(=O)CN2CCN(C(=O)c3cc4ccccc4o3)CC2)cc1Cl. The zero-order valence-corrected chi connectivity index (χ0v) is 16.9. The van der Waals surface area contributed by atoms with Crippen LogP contribution in [0.1, 0.15) is 16.1 Å². The van der Waals surface area contributed by atoms with Crippen LogP contribution in [0.5, 0.6) is 0 Å². The minimum absolute atomic E-state index is 0.137. The van der Waals surface area contributed by atoms with Gasteiger partial charge >= 0.3 is 0 Å². The van der Waals surface area contributed by atoms with Crippen molar-refractivity contribution < 1.29 is 14.0 Å². The normalized spacial score (nSPS) is 14.5. The Hall–Kier alpha value is -3.34. The number of nitriles is 1. The predicted molar refractivity (Wildman–Crippen MR) is 113 cm³/mol. The van der Waals surface area contributed by atoms with E-state index in [1.807, 2.05) is 35.2 Å². The van der Waals surface area contributed by atoms with Gasteiger partial charge in [-0.15, -0.1) is 0 Å². The summed E-state index contributed by atoms with van der Waals surface area (Å²) < 4.78 is 5.67. The number of hydrogen-bond donors (Lipinski definition) is 1. The Kier molecular flexibility index (Phi) is 5.70. The molecule has 0 spiro atoms. The fourth-order valence-electron chi connectivity index (χ4n) is 3.44. The zero-order chi connectivity index (χ0) is 21.1. The number of amides is 2. The quantitative estimate of drug-likeness (QED) is 0.696. The smallest absolute Gasteiger partial charge is 0.289 e. The Bertz CT molecular complexity index is 1110. The molecule has 1 aliphatic heterocycles. The lowest BCUT2D eigenvalue weighted by atomic mass is 10.2. The Morgan fingerprint density at radius 2 is 1.87 bits per heavy atom. The zero-order valence-electron chi connectivity index (χ0n) is 16.1. The molecule has 152 valence electrons. The predicted octanol–water partition coefficient (Wildman–Crippen LogP) is 3.35. The number of fused-ring (bicyclic) bond motifs is 1. The molecule has 30 heavy (non-hydrogen) atoms. The molecule has 0 radical (unpaired) electrons. The summed E-state index contributed by atoms with van der Waals surface area (Å²) in [6.45, 7) is 2.43. The molecule has 1 saturated heterocycles. The van der Waals surface area contributed by atoms with Crippen molar-refractivity contribution in [3.63, 3.8) is 0 Å². The summed E-state index contributed by atoms with van der Waals surface area (Å²) in [4.78, 5) is 28.8. The number of benzene rings is 2. The maximum absolute atomic E-state index is 12.7. The molecule has 0 bridgehead atoms. The van der Waals surface area contributed by atoms with Gasteiger partial charge in [0.25, 0.3) is 5.91 Å². The minimum Gasteiger partial charge on any atom is -0.451 e. The molecular formula is C22H19ClN4O3. The molecule has 1 fully saturated rings. The van der Waals surface area contributed by atoms with E-state index in [9.17, 15) is 9.59 Å². The molecule has 8 heteroatoms. The van der Waals surface area contributed by atoms with E-state index in [-0.39, 0.29) is 18.4 Å². The number of rotatable bonds is 4. The van der Waals surface area contributed by atoms with Gasteiger partial charge < -0.3 is 14.6 Å². The first kappa shape index (κ1) is 20.0. The largest absolute Gasteiger partial charge is 0.451 e. The highest BCUT2D eigenvalue weighted by atomic mass is 35.5. The van der Waals surface area contributed by atoms with Gasteiger partial charge in [-0.2, -0.15) is 5.26 Å². The van der Waals surface area contributed by atoms with Gasteiger partial charge in [0, 0.05) is 37.3 Å². The third-order valence-corrected chi connectivity index (χ3v) is 5.35. The third-order valence-electron chi connectivity index (χ3n) is 5.04. The number of furan rings is 1. The summed E-state index contributed by atoms with van der Waals surface area (Å²) >= 11 is 6.00. The summed E-state index contributed by atoms with van der Waals surface area (Å²) in [6.07, 6.45) is 0. The average molecular weight is 423 g/mol. The number of para-hydroxylation sites is 1. The van der Waals surface area contributed by atoms with Gasteiger partial charge in [-0.3, -0.25) is 14.5 Å². The van der Waals surface area contributed by atoms with Crippen molar-refractivity contribution in [1.29, 1.82) is 5.26 Å². The van der Waals surface area contributed by atoms with Crippen LogP contribution < -0.4 is 5.32 Å². The van der Waals surface area contributed by atoms with Gasteiger partial charge in [0.15, 0.2) is 5.76 Å². The molecule has 2 aromatic carbocycles. The number of carbonyl (C=O) groups excluding carboxylic acids is 2.